The molecule has 140 valence electrons. The van der Waals surface area contributed by atoms with E-state index in [9.17, 15) is 27.9 Å². The predicted octanol–water partition coefficient (Wildman–Crippen LogP) is 3.08. The minimum atomic E-state index is -4.77. The van der Waals surface area contributed by atoms with E-state index in [0.717, 1.165) is 12.8 Å². The monoisotopic (exact) mass is 369 g/mol. The van der Waals surface area contributed by atoms with Crippen molar-refractivity contribution < 1.29 is 32.6 Å². The van der Waals surface area contributed by atoms with Gasteiger partial charge in [-0.25, -0.2) is 4.79 Å². The van der Waals surface area contributed by atoms with Gasteiger partial charge in [0.25, 0.3) is 0 Å². The molecule has 1 saturated heterocycles. The van der Waals surface area contributed by atoms with Gasteiger partial charge in [-0.1, -0.05) is 12.1 Å². The number of halogens is 3. The molecule has 1 spiro atoms. The molecule has 0 bridgehead atoms. The number of carboxylic acids is 1. The van der Waals surface area contributed by atoms with Crippen molar-refractivity contribution in [1.82, 2.24) is 4.90 Å². The maximum atomic E-state index is 13.1. The Morgan fingerprint density at radius 1 is 1.12 bits per heavy atom. The van der Waals surface area contributed by atoms with Crippen LogP contribution in [-0.2, 0) is 15.0 Å². The second kappa shape index (κ2) is 5.37. The number of carbonyl (C=O) groups is 2. The van der Waals surface area contributed by atoms with Crippen LogP contribution in [0.25, 0.3) is 0 Å². The third-order valence-electron chi connectivity index (χ3n) is 5.81. The number of rotatable bonds is 4. The zero-order valence-electron chi connectivity index (χ0n) is 13.9. The second-order valence-corrected chi connectivity index (χ2v) is 7.65. The molecule has 1 atom stereocenters. The molecule has 3 aliphatic rings. The molecule has 1 heterocycles. The quantitative estimate of drug-likeness (QED) is 0.886. The SMILES string of the molecule is O=C(O)[C@@H]1CC2(CC2)CN1C(=O)C1(c2ccc(OC(F)(F)F)cc2)CC1. The predicted molar refractivity (Wildman–Crippen MR) is 83.5 cm³/mol. The van der Waals surface area contributed by atoms with Crippen LogP contribution in [0.2, 0.25) is 0 Å². The van der Waals surface area contributed by atoms with Gasteiger partial charge in [-0.3, -0.25) is 4.79 Å². The highest BCUT2D eigenvalue weighted by Crippen LogP contribution is 2.57. The molecule has 0 aromatic heterocycles. The summed E-state index contributed by atoms with van der Waals surface area (Å²) in [4.78, 5) is 26.2. The van der Waals surface area contributed by atoms with Crippen molar-refractivity contribution in [1.29, 1.82) is 0 Å². The van der Waals surface area contributed by atoms with Crippen LogP contribution >= 0.6 is 0 Å². The number of hydrogen-bond donors (Lipinski definition) is 1. The number of alkyl halides is 3. The zero-order chi connectivity index (χ0) is 18.7. The molecule has 1 amide bonds. The van der Waals surface area contributed by atoms with Crippen LogP contribution in [0, 0.1) is 5.41 Å². The molecular formula is C18H18F3NO4. The van der Waals surface area contributed by atoms with Crippen molar-refractivity contribution in [2.75, 3.05) is 6.54 Å². The van der Waals surface area contributed by atoms with E-state index in [2.05, 4.69) is 4.74 Å². The molecule has 1 aromatic rings. The topological polar surface area (TPSA) is 66.8 Å². The minimum absolute atomic E-state index is 0.0425. The molecule has 4 rings (SSSR count). The van der Waals surface area contributed by atoms with E-state index in [1.165, 1.54) is 29.2 Å². The highest BCUT2D eigenvalue weighted by molar-refractivity contribution is 5.94. The summed E-state index contributed by atoms with van der Waals surface area (Å²) >= 11 is 0. The number of aliphatic carboxylic acids is 1. The summed E-state index contributed by atoms with van der Waals surface area (Å²) < 4.78 is 40.7. The van der Waals surface area contributed by atoms with Crippen LogP contribution in [0.1, 0.15) is 37.7 Å². The minimum Gasteiger partial charge on any atom is -0.480 e. The number of carbonyl (C=O) groups excluding carboxylic acids is 1. The van der Waals surface area contributed by atoms with Crippen LogP contribution in [0.5, 0.6) is 5.75 Å². The summed E-state index contributed by atoms with van der Waals surface area (Å²) in [5.41, 5.74) is -0.248. The van der Waals surface area contributed by atoms with Gasteiger partial charge in [0.1, 0.15) is 11.8 Å². The Hall–Kier alpha value is -2.25. The van der Waals surface area contributed by atoms with E-state index < -0.39 is 23.8 Å². The molecule has 2 saturated carbocycles. The van der Waals surface area contributed by atoms with E-state index >= 15 is 0 Å². The van der Waals surface area contributed by atoms with Gasteiger partial charge in [0, 0.05) is 6.54 Å². The molecule has 1 aliphatic heterocycles. The molecule has 3 fully saturated rings. The fourth-order valence-corrected chi connectivity index (χ4v) is 4.03. The van der Waals surface area contributed by atoms with E-state index in [1.54, 1.807) is 0 Å². The molecule has 0 unspecified atom stereocenters. The van der Waals surface area contributed by atoms with Crippen molar-refractivity contribution in [3.05, 3.63) is 29.8 Å². The first-order chi connectivity index (χ1) is 12.1. The number of hydrogen-bond acceptors (Lipinski definition) is 3. The Morgan fingerprint density at radius 3 is 2.19 bits per heavy atom. The molecule has 2 aliphatic carbocycles. The second-order valence-electron chi connectivity index (χ2n) is 7.65. The van der Waals surface area contributed by atoms with Gasteiger partial charge >= 0.3 is 12.3 Å². The lowest BCUT2D eigenvalue weighted by molar-refractivity contribution is -0.274. The summed E-state index contributed by atoms with van der Waals surface area (Å²) in [6.07, 6.45) is -1.25. The number of benzene rings is 1. The summed E-state index contributed by atoms with van der Waals surface area (Å²) in [6, 6.07) is 4.50. The number of ether oxygens (including phenoxy) is 1. The molecular weight excluding hydrogens is 351 g/mol. The maximum absolute atomic E-state index is 13.1. The first kappa shape index (κ1) is 17.2. The third-order valence-corrected chi connectivity index (χ3v) is 5.81. The van der Waals surface area contributed by atoms with Crippen LogP contribution in [-0.4, -0.2) is 40.8 Å². The van der Waals surface area contributed by atoms with Gasteiger partial charge in [0.2, 0.25) is 5.91 Å². The maximum Gasteiger partial charge on any atom is 0.573 e. The molecule has 5 nitrogen and oxygen atoms in total. The van der Waals surface area contributed by atoms with Gasteiger partial charge in [0.15, 0.2) is 0 Å². The summed E-state index contributed by atoms with van der Waals surface area (Å²) in [6.45, 7) is 0.458. The fourth-order valence-electron chi connectivity index (χ4n) is 4.03. The molecule has 1 aromatic carbocycles. The normalized spacial score (nSPS) is 25.2. The van der Waals surface area contributed by atoms with Crippen molar-refractivity contribution in [3.8, 4) is 5.75 Å². The molecule has 0 radical (unpaired) electrons. The molecule has 26 heavy (non-hydrogen) atoms. The fraction of sp³-hybridized carbons (Fsp3) is 0.556. The van der Waals surface area contributed by atoms with Crippen LogP contribution in [0.4, 0.5) is 13.2 Å². The Morgan fingerprint density at radius 2 is 1.73 bits per heavy atom. The zero-order valence-corrected chi connectivity index (χ0v) is 13.9. The number of amides is 1. The van der Waals surface area contributed by atoms with Crippen molar-refractivity contribution >= 4 is 11.9 Å². The van der Waals surface area contributed by atoms with Crippen molar-refractivity contribution in [2.45, 2.75) is 49.9 Å². The Labute approximate surface area is 147 Å². The van der Waals surface area contributed by atoms with Crippen LogP contribution < -0.4 is 4.74 Å². The summed E-state index contributed by atoms with van der Waals surface area (Å²) in [7, 11) is 0. The van der Waals surface area contributed by atoms with E-state index in [4.69, 9.17) is 0 Å². The van der Waals surface area contributed by atoms with E-state index in [-0.39, 0.29) is 17.1 Å². The van der Waals surface area contributed by atoms with Gasteiger partial charge in [-0.2, -0.15) is 0 Å². The lowest BCUT2D eigenvalue weighted by Crippen LogP contribution is -2.45. The number of carboxylic acid groups (broad SMARTS) is 1. The van der Waals surface area contributed by atoms with Crippen LogP contribution in [0.15, 0.2) is 24.3 Å². The Kier molecular flexibility index (Phi) is 3.55. The molecule has 8 heteroatoms. The Balaban J connectivity index is 1.55. The largest absolute Gasteiger partial charge is 0.573 e. The summed E-state index contributed by atoms with van der Waals surface area (Å²) in [5, 5.41) is 9.48. The average Bonchev–Trinajstić information content (AvgIpc) is 3.44. The van der Waals surface area contributed by atoms with E-state index in [1.807, 2.05) is 0 Å². The van der Waals surface area contributed by atoms with Gasteiger partial charge in [-0.05, 0) is 55.2 Å². The van der Waals surface area contributed by atoms with Crippen LogP contribution in [0.3, 0.4) is 0 Å². The van der Waals surface area contributed by atoms with Crippen molar-refractivity contribution in [2.24, 2.45) is 5.41 Å². The average molecular weight is 369 g/mol. The smallest absolute Gasteiger partial charge is 0.480 e. The highest BCUT2D eigenvalue weighted by atomic mass is 19.4. The standard InChI is InChI=1S/C18H18F3NO4/c19-18(20,21)26-12-3-1-11(2-4-12)17(7-8-17)15(25)22-10-16(5-6-16)9-13(22)14(23)24/h1-4,13H,5-10H2,(H,23,24)/t13-/m0/s1. The van der Waals surface area contributed by atoms with E-state index in [0.29, 0.717) is 31.4 Å². The van der Waals surface area contributed by atoms with Gasteiger partial charge in [-0.15, -0.1) is 13.2 Å². The third kappa shape index (κ3) is 2.91. The molecule has 1 N–H and O–H groups in total. The first-order valence-corrected chi connectivity index (χ1v) is 8.54. The first-order valence-electron chi connectivity index (χ1n) is 8.54. The highest BCUT2D eigenvalue weighted by Gasteiger charge is 2.61. The van der Waals surface area contributed by atoms with Gasteiger partial charge < -0.3 is 14.7 Å². The number of nitrogens with zero attached hydrogens (tertiary/aromatic N) is 1. The lowest BCUT2D eigenvalue weighted by Gasteiger charge is -2.27. The van der Waals surface area contributed by atoms with Gasteiger partial charge in [0.05, 0.1) is 5.41 Å². The lowest BCUT2D eigenvalue weighted by atomic mass is 9.94. The Bertz CT molecular complexity index is 751. The summed E-state index contributed by atoms with van der Waals surface area (Å²) in [5.74, 6) is -1.56. The van der Waals surface area contributed by atoms with Crippen molar-refractivity contribution in [3.63, 3.8) is 0 Å². The number of likely N-dealkylation sites (tertiary alicyclic amines) is 1.